The second kappa shape index (κ2) is 9.40. The van der Waals surface area contributed by atoms with E-state index in [1.807, 2.05) is 30.3 Å². The van der Waals surface area contributed by atoms with Gasteiger partial charge in [0, 0.05) is 43.2 Å². The van der Waals surface area contributed by atoms with E-state index >= 15 is 0 Å². The molecule has 0 radical (unpaired) electrons. The summed E-state index contributed by atoms with van der Waals surface area (Å²) in [5.41, 5.74) is 3.74. The lowest BCUT2D eigenvalue weighted by atomic mass is 10.0. The SMILES string of the molecule is COc1ccc(-c2ccccn2)cc1C1CN(c2nc(-c3ccncn3)cc(=O)n2C)CCO1. The Balaban J connectivity index is 1.50. The van der Waals surface area contributed by atoms with Crippen LogP contribution in [0.2, 0.25) is 0 Å². The minimum absolute atomic E-state index is 0.156. The summed E-state index contributed by atoms with van der Waals surface area (Å²) in [6, 6.07) is 15.0. The highest BCUT2D eigenvalue weighted by Crippen LogP contribution is 2.34. The molecule has 1 aliphatic rings. The number of pyridine rings is 1. The summed E-state index contributed by atoms with van der Waals surface area (Å²) in [5.74, 6) is 1.30. The number of hydrogen-bond acceptors (Lipinski definition) is 8. The molecule has 0 aliphatic carbocycles. The third kappa shape index (κ3) is 4.25. The maximum absolute atomic E-state index is 12.7. The van der Waals surface area contributed by atoms with Crippen molar-refractivity contribution in [1.29, 1.82) is 0 Å². The van der Waals surface area contributed by atoms with Gasteiger partial charge in [0.1, 0.15) is 18.2 Å². The van der Waals surface area contributed by atoms with Gasteiger partial charge in [-0.25, -0.2) is 15.0 Å². The molecule has 0 spiro atoms. The summed E-state index contributed by atoms with van der Waals surface area (Å²) in [6.45, 7) is 1.59. The van der Waals surface area contributed by atoms with E-state index in [0.29, 0.717) is 37.0 Å². The first-order valence-corrected chi connectivity index (χ1v) is 10.9. The van der Waals surface area contributed by atoms with E-state index in [1.54, 1.807) is 37.2 Å². The molecule has 3 aromatic heterocycles. The lowest BCUT2D eigenvalue weighted by Crippen LogP contribution is -2.41. The van der Waals surface area contributed by atoms with Crippen molar-refractivity contribution in [3.8, 4) is 28.4 Å². The molecule has 1 saturated heterocycles. The highest BCUT2D eigenvalue weighted by atomic mass is 16.5. The molecule has 1 unspecified atom stereocenters. The predicted octanol–water partition coefficient (Wildman–Crippen LogP) is 2.89. The first kappa shape index (κ1) is 21.7. The minimum atomic E-state index is -0.271. The third-order valence-electron chi connectivity index (χ3n) is 5.84. The number of aromatic nitrogens is 5. The number of rotatable bonds is 5. The zero-order chi connectivity index (χ0) is 23.5. The zero-order valence-electron chi connectivity index (χ0n) is 19.0. The van der Waals surface area contributed by atoms with E-state index in [1.165, 1.54) is 12.4 Å². The Morgan fingerprint density at radius 1 is 1.03 bits per heavy atom. The highest BCUT2D eigenvalue weighted by Gasteiger charge is 2.27. The summed E-state index contributed by atoms with van der Waals surface area (Å²) in [6.07, 6.45) is 4.58. The van der Waals surface area contributed by atoms with E-state index in [9.17, 15) is 4.79 Å². The monoisotopic (exact) mass is 456 g/mol. The van der Waals surface area contributed by atoms with Crippen LogP contribution in [0, 0.1) is 0 Å². The number of nitrogens with zero attached hydrogens (tertiary/aromatic N) is 6. The van der Waals surface area contributed by atoms with Crippen LogP contribution >= 0.6 is 0 Å². The molecule has 1 atom stereocenters. The average Bonchev–Trinajstić information content (AvgIpc) is 2.91. The standard InChI is InChI=1S/C25H24N6O3/c1-30-24(32)14-21(20-8-10-26-16-28-20)29-25(30)31-11-12-34-23(15-31)18-13-17(6-7-22(18)33-2)19-5-3-4-9-27-19/h3-10,13-14,16,23H,11-12,15H2,1-2H3. The first-order valence-electron chi connectivity index (χ1n) is 10.9. The molecule has 0 amide bonds. The number of anilines is 1. The van der Waals surface area contributed by atoms with E-state index < -0.39 is 0 Å². The number of hydrogen-bond donors (Lipinski definition) is 0. The van der Waals surface area contributed by atoms with Crippen LogP contribution < -0.4 is 15.2 Å². The summed E-state index contributed by atoms with van der Waals surface area (Å²) in [5, 5.41) is 0. The summed E-state index contributed by atoms with van der Waals surface area (Å²) in [4.78, 5) is 32.2. The van der Waals surface area contributed by atoms with E-state index in [0.717, 1.165) is 22.6 Å². The van der Waals surface area contributed by atoms with Gasteiger partial charge in [0.2, 0.25) is 5.95 Å². The summed E-state index contributed by atoms with van der Waals surface area (Å²) >= 11 is 0. The van der Waals surface area contributed by atoms with Crippen molar-refractivity contribution in [2.75, 3.05) is 31.7 Å². The maximum Gasteiger partial charge on any atom is 0.255 e. The van der Waals surface area contributed by atoms with Crippen molar-refractivity contribution in [2.24, 2.45) is 7.05 Å². The van der Waals surface area contributed by atoms with Gasteiger partial charge in [-0.3, -0.25) is 14.3 Å². The highest BCUT2D eigenvalue weighted by molar-refractivity contribution is 5.62. The fraction of sp³-hybridized carbons (Fsp3) is 0.240. The van der Waals surface area contributed by atoms with Gasteiger partial charge >= 0.3 is 0 Å². The van der Waals surface area contributed by atoms with Crippen molar-refractivity contribution in [2.45, 2.75) is 6.10 Å². The molecule has 0 N–H and O–H groups in total. The zero-order valence-corrected chi connectivity index (χ0v) is 19.0. The fourth-order valence-corrected chi connectivity index (χ4v) is 4.08. The van der Waals surface area contributed by atoms with Gasteiger partial charge in [-0.15, -0.1) is 0 Å². The van der Waals surface area contributed by atoms with Gasteiger partial charge in [-0.1, -0.05) is 6.07 Å². The topological polar surface area (TPSA) is 95.3 Å². The van der Waals surface area contributed by atoms with Crippen LogP contribution in [0.5, 0.6) is 5.75 Å². The van der Waals surface area contributed by atoms with Crippen molar-refractivity contribution >= 4 is 5.95 Å². The van der Waals surface area contributed by atoms with Crippen molar-refractivity contribution in [3.63, 3.8) is 0 Å². The molecule has 0 saturated carbocycles. The van der Waals surface area contributed by atoms with Gasteiger partial charge < -0.3 is 14.4 Å². The van der Waals surface area contributed by atoms with Gasteiger partial charge in [-0.05, 0) is 36.4 Å². The molecule has 5 rings (SSSR count). The van der Waals surface area contributed by atoms with Crippen molar-refractivity contribution < 1.29 is 9.47 Å². The van der Waals surface area contributed by atoms with Gasteiger partial charge in [0.15, 0.2) is 0 Å². The van der Waals surface area contributed by atoms with Crippen molar-refractivity contribution in [3.05, 3.63) is 83.2 Å². The van der Waals surface area contributed by atoms with Crippen LogP contribution in [0.3, 0.4) is 0 Å². The van der Waals surface area contributed by atoms with Gasteiger partial charge in [-0.2, -0.15) is 0 Å². The van der Waals surface area contributed by atoms with E-state index in [-0.39, 0.29) is 11.7 Å². The Morgan fingerprint density at radius 3 is 2.71 bits per heavy atom. The number of morpholine rings is 1. The van der Waals surface area contributed by atoms with Crippen LogP contribution in [0.1, 0.15) is 11.7 Å². The molecule has 1 fully saturated rings. The summed E-state index contributed by atoms with van der Waals surface area (Å²) < 4.78 is 13.4. The Bertz CT molecular complexity index is 1340. The van der Waals surface area contributed by atoms with E-state index in [4.69, 9.17) is 14.5 Å². The largest absolute Gasteiger partial charge is 0.496 e. The number of ether oxygens (including phenoxy) is 2. The molecule has 4 aromatic rings. The fourth-order valence-electron chi connectivity index (χ4n) is 4.08. The van der Waals surface area contributed by atoms with Gasteiger partial charge in [0.25, 0.3) is 5.56 Å². The molecule has 4 heterocycles. The third-order valence-corrected chi connectivity index (χ3v) is 5.84. The second-order valence-electron chi connectivity index (χ2n) is 7.91. The Kier molecular flexibility index (Phi) is 6.01. The molecule has 172 valence electrons. The minimum Gasteiger partial charge on any atom is -0.496 e. The molecule has 34 heavy (non-hydrogen) atoms. The molecule has 1 aromatic carbocycles. The molecular weight excluding hydrogens is 432 g/mol. The molecule has 9 heteroatoms. The lowest BCUT2D eigenvalue weighted by Gasteiger charge is -2.35. The second-order valence-corrected chi connectivity index (χ2v) is 7.91. The smallest absolute Gasteiger partial charge is 0.255 e. The Labute approximate surface area is 196 Å². The van der Waals surface area contributed by atoms with Crippen LogP contribution in [-0.4, -0.2) is 51.3 Å². The molecule has 9 nitrogen and oxygen atoms in total. The van der Waals surface area contributed by atoms with Crippen LogP contribution in [0.15, 0.2) is 72.0 Å². The van der Waals surface area contributed by atoms with Gasteiger partial charge in [0.05, 0.1) is 37.3 Å². The molecule has 0 bridgehead atoms. The Hall–Kier alpha value is -4.11. The quantitative estimate of drug-likeness (QED) is 0.452. The van der Waals surface area contributed by atoms with Crippen molar-refractivity contribution in [1.82, 2.24) is 24.5 Å². The maximum atomic E-state index is 12.7. The first-order chi connectivity index (χ1) is 16.6. The number of methoxy groups -OCH3 is 1. The van der Waals surface area contributed by atoms with E-state index in [2.05, 4.69) is 25.9 Å². The van der Waals surface area contributed by atoms with Crippen LogP contribution in [0.4, 0.5) is 5.95 Å². The molecule has 1 aliphatic heterocycles. The lowest BCUT2D eigenvalue weighted by molar-refractivity contribution is 0.0375. The number of benzene rings is 1. The Morgan fingerprint density at radius 2 is 1.94 bits per heavy atom. The van der Waals surface area contributed by atoms with Crippen LogP contribution in [-0.2, 0) is 11.8 Å². The normalized spacial score (nSPS) is 15.8. The predicted molar refractivity (Wildman–Crippen MR) is 128 cm³/mol. The molecular formula is C25H24N6O3. The average molecular weight is 457 g/mol. The van der Waals surface area contributed by atoms with Crippen LogP contribution in [0.25, 0.3) is 22.6 Å². The summed E-state index contributed by atoms with van der Waals surface area (Å²) in [7, 11) is 3.37.